The van der Waals surface area contributed by atoms with E-state index in [2.05, 4.69) is 10.2 Å². The van der Waals surface area contributed by atoms with Gasteiger partial charge in [0.15, 0.2) is 11.5 Å². The predicted octanol–water partition coefficient (Wildman–Crippen LogP) is 3.84. The number of hydrogen-bond donors (Lipinski definition) is 1. The van der Waals surface area contributed by atoms with Crippen molar-refractivity contribution in [2.45, 2.75) is 44.6 Å². The van der Waals surface area contributed by atoms with Crippen LogP contribution in [-0.2, 0) is 0 Å². The molecule has 1 aliphatic carbocycles. The molecule has 5 nitrogen and oxygen atoms in total. The van der Waals surface area contributed by atoms with Gasteiger partial charge in [-0.15, -0.1) is 10.2 Å². The van der Waals surface area contributed by atoms with E-state index in [-0.39, 0.29) is 6.10 Å². The van der Waals surface area contributed by atoms with E-state index in [1.165, 1.54) is 25.7 Å². The highest BCUT2D eigenvalue weighted by Gasteiger charge is 2.17. The van der Waals surface area contributed by atoms with Crippen molar-refractivity contribution < 1.29 is 9.47 Å². The highest BCUT2D eigenvalue weighted by molar-refractivity contribution is 5.64. The molecule has 1 aliphatic rings. The number of nitrogens with zero attached hydrogens (tertiary/aromatic N) is 2. The third-order valence-corrected chi connectivity index (χ3v) is 4.24. The summed E-state index contributed by atoms with van der Waals surface area (Å²) < 4.78 is 11.7. The molecule has 2 N–H and O–H groups in total. The van der Waals surface area contributed by atoms with Crippen molar-refractivity contribution in [2.75, 3.05) is 12.8 Å². The number of nitrogens with two attached hydrogens (primary N) is 1. The number of anilines is 1. The number of hydrogen-bond acceptors (Lipinski definition) is 5. The van der Waals surface area contributed by atoms with Crippen LogP contribution in [0.25, 0.3) is 11.3 Å². The summed E-state index contributed by atoms with van der Waals surface area (Å²) in [7, 11) is 1.66. The second kappa shape index (κ2) is 7.31. The van der Waals surface area contributed by atoms with Crippen molar-refractivity contribution in [2.24, 2.45) is 0 Å². The minimum atomic E-state index is 0.263. The maximum Gasteiger partial charge on any atom is 0.162 e. The Morgan fingerprint density at radius 2 is 1.74 bits per heavy atom. The standard InChI is InChI=1S/C18H23N3O2/c1-22-16-10-8-13(15-9-11-18(19)21-20-15)12-17(16)23-14-6-4-2-3-5-7-14/h8-12,14H,2-7H2,1H3,(H2,19,21). The molecular formula is C18H23N3O2. The second-order valence-electron chi connectivity index (χ2n) is 5.94. The van der Waals surface area contributed by atoms with Gasteiger partial charge in [0, 0.05) is 5.56 Å². The summed E-state index contributed by atoms with van der Waals surface area (Å²) in [5.41, 5.74) is 7.32. The molecule has 0 radical (unpaired) electrons. The molecule has 23 heavy (non-hydrogen) atoms. The van der Waals surface area contributed by atoms with Crippen molar-refractivity contribution in [3.05, 3.63) is 30.3 Å². The van der Waals surface area contributed by atoms with Gasteiger partial charge in [0.05, 0.1) is 18.9 Å². The Morgan fingerprint density at radius 1 is 0.957 bits per heavy atom. The molecule has 122 valence electrons. The van der Waals surface area contributed by atoms with Crippen molar-refractivity contribution in [3.63, 3.8) is 0 Å². The van der Waals surface area contributed by atoms with Crippen LogP contribution in [0, 0.1) is 0 Å². The van der Waals surface area contributed by atoms with E-state index in [1.54, 1.807) is 13.2 Å². The predicted molar refractivity (Wildman–Crippen MR) is 90.6 cm³/mol. The van der Waals surface area contributed by atoms with Crippen LogP contribution in [0.2, 0.25) is 0 Å². The SMILES string of the molecule is COc1ccc(-c2ccc(N)nn2)cc1OC1CCCCCC1. The highest BCUT2D eigenvalue weighted by atomic mass is 16.5. The summed E-state index contributed by atoms with van der Waals surface area (Å²) in [5.74, 6) is 1.94. The lowest BCUT2D eigenvalue weighted by atomic mass is 10.1. The molecule has 1 saturated carbocycles. The van der Waals surface area contributed by atoms with Gasteiger partial charge in [-0.1, -0.05) is 12.8 Å². The van der Waals surface area contributed by atoms with E-state index in [1.807, 2.05) is 24.3 Å². The van der Waals surface area contributed by atoms with E-state index >= 15 is 0 Å². The van der Waals surface area contributed by atoms with Gasteiger partial charge >= 0.3 is 0 Å². The minimum absolute atomic E-state index is 0.263. The first kappa shape index (κ1) is 15.6. The number of benzene rings is 1. The quantitative estimate of drug-likeness (QED) is 0.868. The van der Waals surface area contributed by atoms with Crippen molar-refractivity contribution >= 4 is 5.82 Å². The van der Waals surface area contributed by atoms with E-state index in [0.29, 0.717) is 5.82 Å². The molecule has 0 saturated heterocycles. The van der Waals surface area contributed by atoms with Gasteiger partial charge in [0.25, 0.3) is 0 Å². The summed E-state index contributed by atoms with van der Waals surface area (Å²) in [4.78, 5) is 0. The first-order valence-electron chi connectivity index (χ1n) is 8.20. The van der Waals surface area contributed by atoms with Gasteiger partial charge in [-0.2, -0.15) is 0 Å². The maximum atomic E-state index is 6.25. The topological polar surface area (TPSA) is 70.3 Å². The molecule has 1 fully saturated rings. The maximum absolute atomic E-state index is 6.25. The zero-order chi connectivity index (χ0) is 16.1. The Labute approximate surface area is 136 Å². The zero-order valence-corrected chi connectivity index (χ0v) is 13.5. The fraction of sp³-hybridized carbons (Fsp3) is 0.444. The molecule has 0 aliphatic heterocycles. The summed E-state index contributed by atoms with van der Waals surface area (Å²) in [5, 5.41) is 8.05. The molecule has 5 heteroatoms. The number of aromatic nitrogens is 2. The molecule has 0 unspecified atom stereocenters. The normalized spacial score (nSPS) is 15.9. The molecule has 3 rings (SSSR count). The van der Waals surface area contributed by atoms with Gasteiger partial charge in [-0.3, -0.25) is 0 Å². The van der Waals surface area contributed by atoms with E-state index in [9.17, 15) is 0 Å². The summed E-state index contributed by atoms with van der Waals surface area (Å²) in [6, 6.07) is 9.46. The van der Waals surface area contributed by atoms with Crippen LogP contribution in [0.4, 0.5) is 5.82 Å². The number of ether oxygens (including phenoxy) is 2. The largest absolute Gasteiger partial charge is 0.493 e. The fourth-order valence-corrected chi connectivity index (χ4v) is 2.96. The number of methoxy groups -OCH3 is 1. The molecule has 0 bridgehead atoms. The summed E-state index contributed by atoms with van der Waals surface area (Å²) in [6.45, 7) is 0. The van der Waals surface area contributed by atoms with Crippen molar-refractivity contribution in [1.82, 2.24) is 10.2 Å². The first-order chi connectivity index (χ1) is 11.3. The molecular weight excluding hydrogens is 290 g/mol. The second-order valence-corrected chi connectivity index (χ2v) is 5.94. The van der Waals surface area contributed by atoms with Gasteiger partial charge < -0.3 is 15.2 Å². The summed E-state index contributed by atoms with van der Waals surface area (Å²) >= 11 is 0. The monoisotopic (exact) mass is 313 g/mol. The van der Waals surface area contributed by atoms with Gasteiger partial charge in [-0.25, -0.2) is 0 Å². The van der Waals surface area contributed by atoms with E-state index in [0.717, 1.165) is 35.6 Å². The number of nitrogen functional groups attached to an aromatic ring is 1. The van der Waals surface area contributed by atoms with E-state index in [4.69, 9.17) is 15.2 Å². The van der Waals surface area contributed by atoms with Crippen molar-refractivity contribution in [3.8, 4) is 22.8 Å². The van der Waals surface area contributed by atoms with Crippen LogP contribution < -0.4 is 15.2 Å². The van der Waals surface area contributed by atoms with Crippen LogP contribution in [0.5, 0.6) is 11.5 Å². The van der Waals surface area contributed by atoms with Crippen LogP contribution in [0.3, 0.4) is 0 Å². The molecule has 0 spiro atoms. The van der Waals surface area contributed by atoms with E-state index < -0.39 is 0 Å². The Kier molecular flexibility index (Phi) is 4.95. The average Bonchev–Trinajstić information content (AvgIpc) is 2.84. The van der Waals surface area contributed by atoms with Crippen molar-refractivity contribution in [1.29, 1.82) is 0 Å². The minimum Gasteiger partial charge on any atom is -0.493 e. The smallest absolute Gasteiger partial charge is 0.162 e. The lowest BCUT2D eigenvalue weighted by molar-refractivity contribution is 0.176. The molecule has 2 aromatic rings. The number of rotatable bonds is 4. The Balaban J connectivity index is 1.85. The molecule has 1 aromatic heterocycles. The van der Waals surface area contributed by atoms with Gasteiger partial charge in [0.2, 0.25) is 0 Å². The third kappa shape index (κ3) is 3.92. The van der Waals surface area contributed by atoms with Gasteiger partial charge in [0.1, 0.15) is 5.82 Å². The average molecular weight is 313 g/mol. The molecule has 1 aromatic carbocycles. The Bertz CT molecular complexity index is 635. The molecule has 0 atom stereocenters. The summed E-state index contributed by atoms with van der Waals surface area (Å²) in [6.07, 6.45) is 7.55. The van der Waals surface area contributed by atoms with Crippen LogP contribution in [0.15, 0.2) is 30.3 Å². The zero-order valence-electron chi connectivity index (χ0n) is 13.5. The molecule has 1 heterocycles. The lowest BCUT2D eigenvalue weighted by Crippen LogP contribution is -2.15. The Morgan fingerprint density at radius 3 is 2.39 bits per heavy atom. The molecule has 0 amide bonds. The highest BCUT2D eigenvalue weighted by Crippen LogP contribution is 2.34. The first-order valence-corrected chi connectivity index (χ1v) is 8.20. The lowest BCUT2D eigenvalue weighted by Gasteiger charge is -2.19. The van der Waals surface area contributed by atoms with Crippen LogP contribution in [0.1, 0.15) is 38.5 Å². The third-order valence-electron chi connectivity index (χ3n) is 4.24. The van der Waals surface area contributed by atoms with Crippen LogP contribution in [-0.4, -0.2) is 23.4 Å². The van der Waals surface area contributed by atoms with Gasteiger partial charge in [-0.05, 0) is 56.0 Å². The van der Waals surface area contributed by atoms with Crippen LogP contribution >= 0.6 is 0 Å². The Hall–Kier alpha value is -2.30. The fourth-order valence-electron chi connectivity index (χ4n) is 2.96.